The number of fused-ring (bicyclic) bond motifs is 2. The lowest BCUT2D eigenvalue weighted by atomic mass is 9.89. The lowest BCUT2D eigenvalue weighted by Crippen LogP contribution is -2.16. The van der Waals surface area contributed by atoms with Crippen molar-refractivity contribution in [3.63, 3.8) is 0 Å². The van der Waals surface area contributed by atoms with Gasteiger partial charge in [0.25, 0.3) is 0 Å². The van der Waals surface area contributed by atoms with Crippen LogP contribution in [0.3, 0.4) is 0 Å². The van der Waals surface area contributed by atoms with Crippen LogP contribution in [0.15, 0.2) is 47.1 Å². The van der Waals surface area contributed by atoms with Crippen LogP contribution in [-0.4, -0.2) is 24.1 Å². The first-order valence-corrected chi connectivity index (χ1v) is 8.58. The molecule has 0 saturated carbocycles. The minimum Gasteiger partial charge on any atom is -0.454 e. The molecule has 1 saturated heterocycles. The first kappa shape index (κ1) is 16.7. The number of hydrogen-bond donors (Lipinski definition) is 0. The molecule has 3 rings (SSSR count). The quantitative estimate of drug-likeness (QED) is 0.386. The van der Waals surface area contributed by atoms with Gasteiger partial charge in [-0.3, -0.25) is 0 Å². The first-order valence-electron chi connectivity index (χ1n) is 8.58. The molecule has 0 N–H and O–H groups in total. The molecule has 1 fully saturated rings. The monoisotopic (exact) mass is 328 g/mol. The van der Waals surface area contributed by atoms with Crippen LogP contribution in [0.5, 0.6) is 0 Å². The van der Waals surface area contributed by atoms with Crippen LogP contribution < -0.4 is 0 Å². The van der Waals surface area contributed by atoms with Gasteiger partial charge >= 0.3 is 11.9 Å². The van der Waals surface area contributed by atoms with Crippen LogP contribution in [0.2, 0.25) is 0 Å². The molecule has 2 aliphatic heterocycles. The molecule has 1 aliphatic carbocycles. The second-order valence-electron chi connectivity index (χ2n) is 6.98. The summed E-state index contributed by atoms with van der Waals surface area (Å²) in [5.74, 6) is -0.474. The Kier molecular flexibility index (Phi) is 4.74. The summed E-state index contributed by atoms with van der Waals surface area (Å²) in [6.07, 6.45) is 9.56. The van der Waals surface area contributed by atoms with E-state index in [1.165, 1.54) is 5.57 Å². The normalized spacial score (nSPS) is 35.7. The molecular formula is C20H24O4. The van der Waals surface area contributed by atoms with Crippen molar-refractivity contribution in [1.82, 2.24) is 0 Å². The van der Waals surface area contributed by atoms with E-state index in [2.05, 4.69) is 19.6 Å². The standard InChI is InChI=1S/C20H24O4/c1-12-5-4-6-15-11-16(23-20(15)22)9-13(2)10-18-17(8-7-12)14(3)19(21)24-18/h5,10-11,16-18H,3-4,6-9H2,1-2H3/b12-5+,13-10+/t16-,17+,18+/m1/s1. The SMILES string of the molecule is C=C1C(=O)O[C@H]2/C=C(\C)C[C@@H]3C=C(CC/C=C(\C)CC[C@@H]12)C(=O)O3. The molecule has 3 aliphatic rings. The van der Waals surface area contributed by atoms with Gasteiger partial charge in [-0.1, -0.05) is 23.8 Å². The number of carbonyl (C=O) groups excluding carboxylic acids is 2. The maximum absolute atomic E-state index is 11.9. The molecule has 24 heavy (non-hydrogen) atoms. The molecular weight excluding hydrogens is 304 g/mol. The minimum atomic E-state index is -0.297. The smallest absolute Gasteiger partial charge is 0.334 e. The Morgan fingerprint density at radius 2 is 1.83 bits per heavy atom. The van der Waals surface area contributed by atoms with Crippen LogP contribution in [0.1, 0.15) is 46.0 Å². The summed E-state index contributed by atoms with van der Waals surface area (Å²) in [5.41, 5.74) is 3.67. The fraction of sp³-hybridized carbons (Fsp3) is 0.500. The third-order valence-corrected chi connectivity index (χ3v) is 4.99. The molecule has 0 radical (unpaired) electrons. The fourth-order valence-electron chi connectivity index (χ4n) is 3.57. The Hall–Kier alpha value is -2.10. The van der Waals surface area contributed by atoms with Gasteiger partial charge in [0.2, 0.25) is 0 Å². The van der Waals surface area contributed by atoms with E-state index in [0.717, 1.165) is 36.8 Å². The van der Waals surface area contributed by atoms with E-state index in [4.69, 9.17) is 9.47 Å². The highest BCUT2D eigenvalue weighted by atomic mass is 16.6. The molecule has 0 spiro atoms. The average Bonchev–Trinajstić information content (AvgIpc) is 2.97. The molecule has 0 aromatic heterocycles. The van der Waals surface area contributed by atoms with Gasteiger partial charge in [-0.15, -0.1) is 0 Å². The lowest BCUT2D eigenvalue weighted by molar-refractivity contribution is -0.139. The molecule has 0 unspecified atom stereocenters. The third kappa shape index (κ3) is 3.53. The van der Waals surface area contributed by atoms with Crippen LogP contribution >= 0.6 is 0 Å². The Balaban J connectivity index is 1.86. The van der Waals surface area contributed by atoms with E-state index in [1.807, 2.05) is 19.1 Å². The van der Waals surface area contributed by atoms with Crippen molar-refractivity contribution in [2.75, 3.05) is 0 Å². The van der Waals surface area contributed by atoms with Crippen molar-refractivity contribution in [2.45, 2.75) is 58.2 Å². The highest BCUT2D eigenvalue weighted by Gasteiger charge is 2.37. The number of carbonyl (C=O) groups is 2. The first-order chi connectivity index (χ1) is 11.4. The maximum atomic E-state index is 11.9. The fourth-order valence-corrected chi connectivity index (χ4v) is 3.57. The summed E-state index contributed by atoms with van der Waals surface area (Å²) in [7, 11) is 0. The number of hydrogen-bond acceptors (Lipinski definition) is 4. The second-order valence-corrected chi connectivity index (χ2v) is 6.98. The van der Waals surface area contributed by atoms with Gasteiger partial charge in [0.1, 0.15) is 12.2 Å². The molecule has 2 heterocycles. The van der Waals surface area contributed by atoms with Gasteiger partial charge in [0, 0.05) is 23.5 Å². The lowest BCUT2D eigenvalue weighted by Gasteiger charge is -2.16. The maximum Gasteiger partial charge on any atom is 0.334 e. The molecule has 0 aromatic carbocycles. The van der Waals surface area contributed by atoms with Crippen molar-refractivity contribution < 1.29 is 19.1 Å². The van der Waals surface area contributed by atoms with Crippen LogP contribution in [0.4, 0.5) is 0 Å². The predicted molar refractivity (Wildman–Crippen MR) is 91.1 cm³/mol. The number of allylic oxidation sites excluding steroid dienone is 2. The Morgan fingerprint density at radius 1 is 1.04 bits per heavy atom. The summed E-state index contributed by atoms with van der Waals surface area (Å²) in [6.45, 7) is 8.00. The zero-order valence-corrected chi connectivity index (χ0v) is 14.3. The Bertz CT molecular complexity index is 665. The Morgan fingerprint density at radius 3 is 2.62 bits per heavy atom. The van der Waals surface area contributed by atoms with E-state index >= 15 is 0 Å². The van der Waals surface area contributed by atoms with Gasteiger partial charge in [-0.2, -0.15) is 0 Å². The van der Waals surface area contributed by atoms with E-state index in [0.29, 0.717) is 12.0 Å². The number of esters is 2. The van der Waals surface area contributed by atoms with Crippen molar-refractivity contribution in [2.24, 2.45) is 5.92 Å². The largest absolute Gasteiger partial charge is 0.454 e. The van der Waals surface area contributed by atoms with Crippen LogP contribution in [0.25, 0.3) is 0 Å². The van der Waals surface area contributed by atoms with E-state index in [9.17, 15) is 9.59 Å². The molecule has 4 nitrogen and oxygen atoms in total. The highest BCUT2D eigenvalue weighted by molar-refractivity contribution is 5.91. The highest BCUT2D eigenvalue weighted by Crippen LogP contribution is 2.34. The molecule has 0 aromatic rings. The van der Waals surface area contributed by atoms with Gasteiger partial charge < -0.3 is 9.47 Å². The van der Waals surface area contributed by atoms with Crippen molar-refractivity contribution >= 4 is 11.9 Å². The minimum absolute atomic E-state index is 0.0240. The summed E-state index contributed by atoms with van der Waals surface area (Å²) in [6, 6.07) is 0. The molecule has 2 bridgehead atoms. The van der Waals surface area contributed by atoms with E-state index in [-0.39, 0.29) is 30.1 Å². The third-order valence-electron chi connectivity index (χ3n) is 4.99. The molecule has 0 amide bonds. The average molecular weight is 328 g/mol. The molecule has 3 atom stereocenters. The number of rotatable bonds is 0. The zero-order chi connectivity index (χ0) is 17.3. The van der Waals surface area contributed by atoms with Gasteiger partial charge in [-0.25, -0.2) is 9.59 Å². The topological polar surface area (TPSA) is 52.6 Å². The predicted octanol–water partition coefficient (Wildman–Crippen LogP) is 3.79. The van der Waals surface area contributed by atoms with Crippen molar-refractivity contribution in [3.05, 3.63) is 47.1 Å². The van der Waals surface area contributed by atoms with E-state index in [1.54, 1.807) is 0 Å². The summed E-state index contributed by atoms with van der Waals surface area (Å²) >= 11 is 0. The van der Waals surface area contributed by atoms with Gasteiger partial charge in [-0.05, 0) is 51.7 Å². The van der Waals surface area contributed by atoms with Gasteiger partial charge in [0.15, 0.2) is 0 Å². The molecule has 128 valence electrons. The van der Waals surface area contributed by atoms with Crippen LogP contribution in [-0.2, 0) is 19.1 Å². The second kappa shape index (κ2) is 6.80. The summed E-state index contributed by atoms with van der Waals surface area (Å²) < 4.78 is 10.9. The van der Waals surface area contributed by atoms with Crippen LogP contribution in [0, 0.1) is 5.92 Å². The van der Waals surface area contributed by atoms with Crippen molar-refractivity contribution in [3.8, 4) is 0 Å². The zero-order valence-electron chi connectivity index (χ0n) is 14.3. The Labute approximate surface area is 142 Å². The summed E-state index contributed by atoms with van der Waals surface area (Å²) in [5, 5.41) is 0. The van der Waals surface area contributed by atoms with E-state index < -0.39 is 0 Å². The van der Waals surface area contributed by atoms with Gasteiger partial charge in [0.05, 0.1) is 0 Å². The van der Waals surface area contributed by atoms with Crippen molar-refractivity contribution in [1.29, 1.82) is 0 Å². The summed E-state index contributed by atoms with van der Waals surface area (Å²) in [4.78, 5) is 23.8. The molecule has 4 heteroatoms. The number of ether oxygens (including phenoxy) is 2.